The molecule has 30 heavy (non-hydrogen) atoms. The number of para-hydroxylation sites is 1. The molecule has 2 heterocycles. The highest BCUT2D eigenvalue weighted by Crippen LogP contribution is 2.29. The summed E-state index contributed by atoms with van der Waals surface area (Å²) in [5, 5.41) is 13.6. The first-order chi connectivity index (χ1) is 14.8. The molecule has 0 radical (unpaired) electrons. The van der Waals surface area contributed by atoms with Crippen LogP contribution in [-0.4, -0.2) is 23.5 Å². The lowest BCUT2D eigenvalue weighted by Crippen LogP contribution is -2.18. The molecule has 1 saturated heterocycles. The van der Waals surface area contributed by atoms with Crippen molar-refractivity contribution in [3.05, 3.63) is 71.5 Å². The Labute approximate surface area is 175 Å². The van der Waals surface area contributed by atoms with Gasteiger partial charge in [0.15, 0.2) is 11.4 Å². The van der Waals surface area contributed by atoms with Gasteiger partial charge in [-0.1, -0.05) is 18.1 Å². The van der Waals surface area contributed by atoms with E-state index in [2.05, 4.69) is 23.0 Å². The lowest BCUT2D eigenvalue weighted by molar-refractivity contribution is -0.0396. The molecule has 1 aromatic heterocycles. The molecular formula is C24H21N3O3. The van der Waals surface area contributed by atoms with Gasteiger partial charge in [0.25, 0.3) is 0 Å². The number of hydrogen-bond donors (Lipinski definition) is 0. The number of rotatable bonds is 4. The van der Waals surface area contributed by atoms with Crippen molar-refractivity contribution in [3.63, 3.8) is 0 Å². The van der Waals surface area contributed by atoms with Crippen LogP contribution in [0, 0.1) is 23.2 Å². The number of benzene rings is 2. The Bertz CT molecular complexity index is 1110. The molecule has 6 heteroatoms. The normalized spacial score (nSPS) is 15.5. The lowest BCUT2D eigenvalue weighted by atomic mass is 10.2. The quantitative estimate of drug-likeness (QED) is 0.597. The van der Waals surface area contributed by atoms with Crippen molar-refractivity contribution >= 4 is 0 Å². The van der Waals surface area contributed by atoms with Crippen LogP contribution in [0.3, 0.4) is 0 Å². The van der Waals surface area contributed by atoms with E-state index in [4.69, 9.17) is 19.5 Å². The standard InChI is InChI=1S/C24H21N3O3/c1-28-22-7-3-2-6-19(22)11-14-21-23(30-20-12-9-18(16-25)10-13-20)17-27(26-21)24-8-4-5-15-29-24/h2-3,6-7,9-10,12-13,17,24H,4-5,8,15H2,1H3. The second kappa shape index (κ2) is 9.17. The second-order valence-corrected chi connectivity index (χ2v) is 6.83. The van der Waals surface area contributed by atoms with Crippen molar-refractivity contribution in [2.45, 2.75) is 25.5 Å². The van der Waals surface area contributed by atoms with E-state index in [1.165, 1.54) is 0 Å². The smallest absolute Gasteiger partial charge is 0.181 e. The highest BCUT2D eigenvalue weighted by molar-refractivity contribution is 5.51. The molecule has 0 saturated carbocycles. The summed E-state index contributed by atoms with van der Waals surface area (Å²) in [5.41, 5.74) is 1.86. The van der Waals surface area contributed by atoms with Gasteiger partial charge in [-0.15, -0.1) is 0 Å². The molecule has 1 fully saturated rings. The van der Waals surface area contributed by atoms with Gasteiger partial charge in [0.05, 0.1) is 30.5 Å². The first kappa shape index (κ1) is 19.6. The molecule has 1 aliphatic heterocycles. The molecule has 0 spiro atoms. The predicted molar refractivity (Wildman–Crippen MR) is 111 cm³/mol. The van der Waals surface area contributed by atoms with Gasteiger partial charge in [0, 0.05) is 6.61 Å². The van der Waals surface area contributed by atoms with Gasteiger partial charge < -0.3 is 14.2 Å². The van der Waals surface area contributed by atoms with E-state index >= 15 is 0 Å². The molecular weight excluding hydrogens is 378 g/mol. The summed E-state index contributed by atoms with van der Waals surface area (Å²) in [5.74, 6) is 8.09. The highest BCUT2D eigenvalue weighted by atomic mass is 16.5. The fraction of sp³-hybridized carbons (Fsp3) is 0.250. The van der Waals surface area contributed by atoms with E-state index in [1.54, 1.807) is 36.1 Å². The van der Waals surface area contributed by atoms with Gasteiger partial charge in [0.2, 0.25) is 0 Å². The minimum atomic E-state index is -0.121. The molecule has 0 aliphatic carbocycles. The molecule has 0 bridgehead atoms. The topological polar surface area (TPSA) is 69.3 Å². The Balaban J connectivity index is 1.67. The minimum absolute atomic E-state index is 0.121. The maximum absolute atomic E-state index is 8.98. The highest BCUT2D eigenvalue weighted by Gasteiger charge is 2.20. The Hall–Kier alpha value is -3.74. The number of aromatic nitrogens is 2. The van der Waals surface area contributed by atoms with Crippen molar-refractivity contribution in [2.75, 3.05) is 13.7 Å². The van der Waals surface area contributed by atoms with E-state index < -0.39 is 0 Å². The van der Waals surface area contributed by atoms with Crippen LogP contribution in [0.1, 0.15) is 42.3 Å². The SMILES string of the molecule is COc1ccccc1C#Cc1nn(C2CCCCO2)cc1Oc1ccc(C#N)cc1. The van der Waals surface area contributed by atoms with Gasteiger partial charge in [-0.3, -0.25) is 0 Å². The van der Waals surface area contributed by atoms with E-state index in [1.807, 2.05) is 30.5 Å². The fourth-order valence-electron chi connectivity index (χ4n) is 3.21. The Morgan fingerprint density at radius 3 is 2.63 bits per heavy atom. The van der Waals surface area contributed by atoms with Gasteiger partial charge in [-0.05, 0) is 61.6 Å². The van der Waals surface area contributed by atoms with Crippen LogP contribution >= 0.6 is 0 Å². The average Bonchev–Trinajstić information content (AvgIpc) is 3.21. The zero-order valence-electron chi connectivity index (χ0n) is 16.7. The summed E-state index contributed by atoms with van der Waals surface area (Å²) in [4.78, 5) is 0. The summed E-state index contributed by atoms with van der Waals surface area (Å²) in [7, 11) is 1.62. The Morgan fingerprint density at radius 2 is 1.90 bits per heavy atom. The summed E-state index contributed by atoms with van der Waals surface area (Å²) in [6.45, 7) is 0.721. The molecule has 2 aromatic carbocycles. The predicted octanol–water partition coefficient (Wildman–Crippen LogP) is 4.65. The van der Waals surface area contributed by atoms with E-state index in [9.17, 15) is 0 Å². The third kappa shape index (κ3) is 4.46. The number of hydrogen-bond acceptors (Lipinski definition) is 5. The molecule has 6 nitrogen and oxygen atoms in total. The van der Waals surface area contributed by atoms with Crippen molar-refractivity contribution in [1.29, 1.82) is 5.26 Å². The molecule has 4 rings (SSSR count). The minimum Gasteiger partial charge on any atom is -0.495 e. The molecule has 3 aromatic rings. The molecule has 1 aliphatic rings. The molecule has 1 atom stereocenters. The Morgan fingerprint density at radius 1 is 1.07 bits per heavy atom. The van der Waals surface area contributed by atoms with E-state index in [0.717, 1.165) is 31.4 Å². The van der Waals surface area contributed by atoms with Crippen molar-refractivity contribution < 1.29 is 14.2 Å². The van der Waals surface area contributed by atoms with Crippen LogP contribution < -0.4 is 9.47 Å². The van der Waals surface area contributed by atoms with Crippen molar-refractivity contribution in [3.8, 4) is 35.2 Å². The van der Waals surface area contributed by atoms with Crippen LogP contribution in [0.15, 0.2) is 54.7 Å². The van der Waals surface area contributed by atoms with Crippen LogP contribution in [0.2, 0.25) is 0 Å². The maximum Gasteiger partial charge on any atom is 0.181 e. The van der Waals surface area contributed by atoms with Crippen molar-refractivity contribution in [1.82, 2.24) is 9.78 Å². The maximum atomic E-state index is 8.98. The molecule has 150 valence electrons. The van der Waals surface area contributed by atoms with Gasteiger partial charge in [-0.2, -0.15) is 10.4 Å². The van der Waals surface area contributed by atoms with Gasteiger partial charge in [0.1, 0.15) is 17.7 Å². The van der Waals surface area contributed by atoms with Crippen molar-refractivity contribution in [2.24, 2.45) is 0 Å². The second-order valence-electron chi connectivity index (χ2n) is 6.83. The zero-order valence-corrected chi connectivity index (χ0v) is 16.7. The van der Waals surface area contributed by atoms with Crippen LogP contribution in [0.5, 0.6) is 17.2 Å². The monoisotopic (exact) mass is 399 g/mol. The Kier molecular flexibility index (Phi) is 5.98. The number of nitriles is 1. The molecule has 0 amide bonds. The van der Waals surface area contributed by atoms with Gasteiger partial charge in [-0.25, -0.2) is 4.68 Å². The van der Waals surface area contributed by atoms with Crippen LogP contribution in [0.25, 0.3) is 0 Å². The number of methoxy groups -OCH3 is 1. The average molecular weight is 399 g/mol. The zero-order chi connectivity index (χ0) is 20.8. The van der Waals surface area contributed by atoms with Gasteiger partial charge >= 0.3 is 0 Å². The number of ether oxygens (including phenoxy) is 3. The van der Waals surface area contributed by atoms with E-state index in [0.29, 0.717) is 28.5 Å². The molecule has 0 N–H and O–H groups in total. The summed E-state index contributed by atoms with van der Waals surface area (Å²) >= 11 is 0. The first-order valence-electron chi connectivity index (χ1n) is 9.80. The summed E-state index contributed by atoms with van der Waals surface area (Å²) < 4.78 is 19.1. The first-order valence-corrected chi connectivity index (χ1v) is 9.80. The summed E-state index contributed by atoms with van der Waals surface area (Å²) in [6.07, 6.45) is 4.76. The van der Waals surface area contributed by atoms with E-state index in [-0.39, 0.29) is 6.23 Å². The fourth-order valence-corrected chi connectivity index (χ4v) is 3.21. The molecule has 1 unspecified atom stereocenters. The third-order valence-electron chi connectivity index (χ3n) is 4.78. The van der Waals surface area contributed by atoms with Crippen LogP contribution in [-0.2, 0) is 4.74 Å². The number of nitrogens with zero attached hydrogens (tertiary/aromatic N) is 3. The van der Waals surface area contributed by atoms with Crippen LogP contribution in [0.4, 0.5) is 0 Å². The largest absolute Gasteiger partial charge is 0.495 e. The summed E-state index contributed by atoms with van der Waals surface area (Å²) in [6, 6.07) is 16.6. The lowest BCUT2D eigenvalue weighted by Gasteiger charge is -2.22. The third-order valence-corrected chi connectivity index (χ3v) is 4.78.